The SMILES string of the molecule is CCOc1cc(CC)cc(C(C)=O)c1C(F)F. The molecule has 0 radical (unpaired) electrons. The zero-order valence-electron chi connectivity index (χ0n) is 10.2. The maximum Gasteiger partial charge on any atom is 0.268 e. The van der Waals surface area contributed by atoms with Gasteiger partial charge in [0.15, 0.2) is 5.78 Å². The van der Waals surface area contributed by atoms with Crippen LogP contribution in [0.3, 0.4) is 0 Å². The molecule has 1 aromatic carbocycles. The summed E-state index contributed by atoms with van der Waals surface area (Å²) in [5.41, 5.74) is 0.586. The monoisotopic (exact) mass is 242 g/mol. The zero-order valence-corrected chi connectivity index (χ0v) is 10.2. The molecule has 0 aromatic heterocycles. The second-order valence-electron chi connectivity index (χ2n) is 3.70. The molecule has 4 heteroatoms. The van der Waals surface area contributed by atoms with E-state index in [1.165, 1.54) is 13.0 Å². The second kappa shape index (κ2) is 5.75. The van der Waals surface area contributed by atoms with E-state index in [1.807, 2.05) is 6.92 Å². The Morgan fingerprint density at radius 3 is 2.41 bits per heavy atom. The van der Waals surface area contributed by atoms with Crippen LogP contribution in [0.2, 0.25) is 0 Å². The maximum absolute atomic E-state index is 13.0. The highest BCUT2D eigenvalue weighted by atomic mass is 19.3. The molecule has 0 bridgehead atoms. The minimum absolute atomic E-state index is 0.0581. The Hall–Kier alpha value is -1.45. The summed E-state index contributed by atoms with van der Waals surface area (Å²) in [6.45, 7) is 5.21. The molecule has 2 nitrogen and oxygen atoms in total. The number of carbonyl (C=O) groups is 1. The van der Waals surface area contributed by atoms with Crippen LogP contribution in [-0.4, -0.2) is 12.4 Å². The van der Waals surface area contributed by atoms with Gasteiger partial charge in [0.1, 0.15) is 5.75 Å². The Bertz CT molecular complexity index is 414. The number of halogens is 2. The van der Waals surface area contributed by atoms with Crippen molar-refractivity contribution >= 4 is 5.78 Å². The smallest absolute Gasteiger partial charge is 0.268 e. The van der Waals surface area contributed by atoms with Crippen LogP contribution in [0.25, 0.3) is 0 Å². The summed E-state index contributed by atoms with van der Waals surface area (Å²) in [4.78, 5) is 11.4. The van der Waals surface area contributed by atoms with Gasteiger partial charge in [-0.05, 0) is 38.0 Å². The first-order chi connectivity index (χ1) is 8.01. The van der Waals surface area contributed by atoms with Gasteiger partial charge >= 0.3 is 0 Å². The molecular formula is C13H16F2O2. The fourth-order valence-electron chi connectivity index (χ4n) is 1.68. The molecule has 94 valence electrons. The number of ketones is 1. The van der Waals surface area contributed by atoms with Crippen molar-refractivity contribution in [3.8, 4) is 5.75 Å². The van der Waals surface area contributed by atoms with E-state index in [-0.39, 0.29) is 22.7 Å². The number of hydrogen-bond donors (Lipinski definition) is 0. The van der Waals surface area contributed by atoms with Crippen molar-refractivity contribution in [2.24, 2.45) is 0 Å². The predicted molar refractivity (Wildman–Crippen MR) is 62.0 cm³/mol. The van der Waals surface area contributed by atoms with Crippen molar-refractivity contribution in [2.75, 3.05) is 6.61 Å². The first kappa shape index (κ1) is 13.6. The van der Waals surface area contributed by atoms with E-state index in [0.717, 1.165) is 5.56 Å². The predicted octanol–water partition coefficient (Wildman–Crippen LogP) is 3.79. The van der Waals surface area contributed by atoms with Gasteiger partial charge in [0, 0.05) is 5.56 Å². The molecule has 0 spiro atoms. The lowest BCUT2D eigenvalue weighted by Crippen LogP contribution is -2.06. The number of benzene rings is 1. The van der Waals surface area contributed by atoms with Crippen LogP contribution < -0.4 is 4.74 Å². The summed E-state index contributed by atoms with van der Waals surface area (Å²) in [5.74, 6) is -0.247. The molecule has 1 aromatic rings. The third kappa shape index (κ3) is 3.02. The Morgan fingerprint density at radius 2 is 2.00 bits per heavy atom. The molecular weight excluding hydrogens is 226 g/mol. The number of Topliss-reactive ketones (excluding diaryl/α,β-unsaturated/α-hetero) is 1. The molecule has 0 atom stereocenters. The quantitative estimate of drug-likeness (QED) is 0.734. The average molecular weight is 242 g/mol. The molecule has 0 aliphatic carbocycles. The van der Waals surface area contributed by atoms with Crippen LogP contribution >= 0.6 is 0 Å². The Morgan fingerprint density at radius 1 is 1.35 bits per heavy atom. The van der Waals surface area contributed by atoms with Crippen molar-refractivity contribution in [3.63, 3.8) is 0 Å². The largest absolute Gasteiger partial charge is 0.493 e. The van der Waals surface area contributed by atoms with Gasteiger partial charge in [0.25, 0.3) is 6.43 Å². The number of alkyl halides is 2. The van der Waals surface area contributed by atoms with Crippen LogP contribution in [0.15, 0.2) is 12.1 Å². The van der Waals surface area contributed by atoms with Crippen LogP contribution in [0.4, 0.5) is 8.78 Å². The molecule has 0 aliphatic heterocycles. The van der Waals surface area contributed by atoms with Crippen LogP contribution in [0, 0.1) is 0 Å². The van der Waals surface area contributed by atoms with Crippen LogP contribution in [0.5, 0.6) is 5.75 Å². The number of aryl methyl sites for hydroxylation is 1. The molecule has 0 fully saturated rings. The molecule has 0 N–H and O–H groups in total. The van der Waals surface area contributed by atoms with E-state index in [0.29, 0.717) is 13.0 Å². The summed E-state index contributed by atoms with van der Waals surface area (Å²) in [6, 6.07) is 3.10. The first-order valence-corrected chi connectivity index (χ1v) is 5.59. The fourth-order valence-corrected chi connectivity index (χ4v) is 1.68. The number of carbonyl (C=O) groups excluding carboxylic acids is 1. The lowest BCUT2D eigenvalue weighted by atomic mass is 9.99. The standard InChI is InChI=1S/C13H16F2O2/c1-4-9-6-10(8(3)16)12(13(14)15)11(7-9)17-5-2/h6-7,13H,4-5H2,1-3H3. The van der Waals surface area contributed by atoms with Gasteiger partial charge in [-0.15, -0.1) is 0 Å². The Balaban J connectivity index is 3.43. The third-order valence-corrected chi connectivity index (χ3v) is 2.51. The Kier molecular flexibility index (Phi) is 4.61. The van der Waals surface area contributed by atoms with Crippen molar-refractivity contribution < 1.29 is 18.3 Å². The molecule has 0 unspecified atom stereocenters. The highest BCUT2D eigenvalue weighted by molar-refractivity contribution is 5.96. The summed E-state index contributed by atoms with van der Waals surface area (Å²) in [5, 5.41) is 0. The number of hydrogen-bond acceptors (Lipinski definition) is 2. The van der Waals surface area contributed by atoms with Gasteiger partial charge in [-0.3, -0.25) is 4.79 Å². The van der Waals surface area contributed by atoms with Crippen molar-refractivity contribution in [1.29, 1.82) is 0 Å². The van der Waals surface area contributed by atoms with Gasteiger partial charge in [0.05, 0.1) is 12.2 Å². The van der Waals surface area contributed by atoms with Crippen molar-refractivity contribution in [3.05, 3.63) is 28.8 Å². The topological polar surface area (TPSA) is 26.3 Å². The Labute approximate surface area is 99.6 Å². The number of ether oxygens (including phenoxy) is 1. The minimum atomic E-state index is -2.71. The average Bonchev–Trinajstić information content (AvgIpc) is 2.27. The normalized spacial score (nSPS) is 10.7. The summed E-state index contributed by atoms with van der Waals surface area (Å²) in [6.07, 6.45) is -2.04. The molecule has 0 saturated heterocycles. The van der Waals surface area contributed by atoms with E-state index in [4.69, 9.17) is 4.74 Å². The summed E-state index contributed by atoms with van der Waals surface area (Å²) < 4.78 is 31.1. The molecule has 17 heavy (non-hydrogen) atoms. The summed E-state index contributed by atoms with van der Waals surface area (Å²) in [7, 11) is 0. The second-order valence-corrected chi connectivity index (χ2v) is 3.70. The number of rotatable bonds is 5. The van der Waals surface area contributed by atoms with Gasteiger partial charge < -0.3 is 4.74 Å². The van der Waals surface area contributed by atoms with Crippen molar-refractivity contribution in [1.82, 2.24) is 0 Å². The van der Waals surface area contributed by atoms with Gasteiger partial charge in [0.2, 0.25) is 0 Å². The zero-order chi connectivity index (χ0) is 13.0. The summed E-state index contributed by atoms with van der Waals surface area (Å²) >= 11 is 0. The van der Waals surface area contributed by atoms with Gasteiger partial charge in [-0.2, -0.15) is 0 Å². The van der Waals surface area contributed by atoms with E-state index in [1.54, 1.807) is 13.0 Å². The highest BCUT2D eigenvalue weighted by Crippen LogP contribution is 2.34. The van der Waals surface area contributed by atoms with Crippen molar-refractivity contribution in [2.45, 2.75) is 33.6 Å². The first-order valence-electron chi connectivity index (χ1n) is 5.59. The maximum atomic E-state index is 13.0. The lowest BCUT2D eigenvalue weighted by Gasteiger charge is -2.14. The van der Waals surface area contributed by atoms with E-state index in [9.17, 15) is 13.6 Å². The van der Waals surface area contributed by atoms with Gasteiger partial charge in [-0.25, -0.2) is 8.78 Å². The molecule has 0 saturated carbocycles. The lowest BCUT2D eigenvalue weighted by molar-refractivity contribution is 0.0995. The minimum Gasteiger partial charge on any atom is -0.493 e. The van der Waals surface area contributed by atoms with E-state index < -0.39 is 6.43 Å². The molecule has 0 aliphatic rings. The van der Waals surface area contributed by atoms with Crippen LogP contribution in [0.1, 0.15) is 48.7 Å². The molecule has 0 heterocycles. The highest BCUT2D eigenvalue weighted by Gasteiger charge is 2.22. The van der Waals surface area contributed by atoms with E-state index in [2.05, 4.69) is 0 Å². The molecule has 0 amide bonds. The van der Waals surface area contributed by atoms with Gasteiger partial charge in [-0.1, -0.05) is 6.92 Å². The fraction of sp³-hybridized carbons (Fsp3) is 0.462. The third-order valence-electron chi connectivity index (χ3n) is 2.51. The molecule has 1 rings (SSSR count). The van der Waals surface area contributed by atoms with E-state index >= 15 is 0 Å². The van der Waals surface area contributed by atoms with Crippen LogP contribution in [-0.2, 0) is 6.42 Å².